The van der Waals surface area contributed by atoms with Crippen molar-refractivity contribution < 1.29 is 19.1 Å². The quantitative estimate of drug-likeness (QED) is 0.553. The van der Waals surface area contributed by atoms with Crippen LogP contribution in [0.3, 0.4) is 0 Å². The highest BCUT2D eigenvalue weighted by Crippen LogP contribution is 2.39. The first-order valence-corrected chi connectivity index (χ1v) is 6.70. The van der Waals surface area contributed by atoms with Crippen molar-refractivity contribution in [1.82, 2.24) is 9.80 Å². The Hall–Kier alpha value is -1.14. The lowest BCUT2D eigenvalue weighted by Crippen LogP contribution is -2.41. The fourth-order valence-corrected chi connectivity index (χ4v) is 2.64. The van der Waals surface area contributed by atoms with Crippen LogP contribution in [0.15, 0.2) is 0 Å². The largest absolute Gasteiger partial charge is 0.365 e. The van der Waals surface area contributed by atoms with E-state index in [0.717, 1.165) is 0 Å². The summed E-state index contributed by atoms with van der Waals surface area (Å²) in [6, 6.07) is -0.224. The second-order valence-corrected chi connectivity index (χ2v) is 6.26. The van der Waals surface area contributed by atoms with Crippen LogP contribution >= 0.6 is 0 Å². The smallest absolute Gasteiger partial charge is 0.327 e. The number of hydrogen-bond donors (Lipinski definition) is 0. The minimum absolute atomic E-state index is 0.103. The molecule has 106 valence electrons. The van der Waals surface area contributed by atoms with E-state index >= 15 is 0 Å². The van der Waals surface area contributed by atoms with Crippen molar-refractivity contribution in [3.63, 3.8) is 0 Å². The molecule has 0 aromatic carbocycles. The van der Waals surface area contributed by atoms with Gasteiger partial charge in [0.05, 0.1) is 25.3 Å². The normalized spacial score (nSPS) is 45.1. The molecule has 0 bridgehead atoms. The van der Waals surface area contributed by atoms with Gasteiger partial charge in [0.1, 0.15) is 17.7 Å². The van der Waals surface area contributed by atoms with E-state index in [0.29, 0.717) is 13.1 Å². The van der Waals surface area contributed by atoms with E-state index < -0.39 is 0 Å². The maximum atomic E-state index is 12.3. The third-order valence-corrected chi connectivity index (χ3v) is 4.60. The molecule has 3 amide bonds. The van der Waals surface area contributed by atoms with Crippen molar-refractivity contribution >= 4 is 11.9 Å². The zero-order valence-corrected chi connectivity index (χ0v) is 11.8. The Morgan fingerprint density at radius 2 is 1.58 bits per heavy atom. The average molecular weight is 268 g/mol. The third-order valence-electron chi connectivity index (χ3n) is 4.60. The number of nitrogens with zero attached hydrogens (tertiary/aromatic N) is 2. The predicted molar refractivity (Wildman–Crippen MR) is 66.6 cm³/mol. The summed E-state index contributed by atoms with van der Waals surface area (Å²) in [5.74, 6) is -0.147. The summed E-state index contributed by atoms with van der Waals surface area (Å²) in [6.07, 6.45) is 0.250. The van der Waals surface area contributed by atoms with Crippen LogP contribution in [0.2, 0.25) is 0 Å². The molecule has 3 aliphatic heterocycles. The molecule has 0 spiro atoms. The molecule has 0 aromatic rings. The van der Waals surface area contributed by atoms with E-state index in [1.165, 1.54) is 4.90 Å². The van der Waals surface area contributed by atoms with Crippen LogP contribution in [0.1, 0.15) is 27.7 Å². The minimum atomic E-state index is -0.366. The van der Waals surface area contributed by atoms with Crippen molar-refractivity contribution in [3.05, 3.63) is 0 Å². The monoisotopic (exact) mass is 268 g/mol. The summed E-state index contributed by atoms with van der Waals surface area (Å²) in [6.45, 7) is 8.77. The van der Waals surface area contributed by atoms with Crippen molar-refractivity contribution in [2.75, 3.05) is 19.6 Å². The molecule has 0 aromatic heterocycles. The summed E-state index contributed by atoms with van der Waals surface area (Å²) in [7, 11) is 0. The number of imide groups is 1. The van der Waals surface area contributed by atoms with Crippen molar-refractivity contribution in [2.24, 2.45) is 0 Å². The molecular formula is C13H20N2O4. The number of epoxide rings is 2. The van der Waals surface area contributed by atoms with E-state index in [2.05, 4.69) is 0 Å². The molecule has 4 unspecified atom stereocenters. The molecule has 4 atom stereocenters. The average Bonchev–Trinajstić information content (AvgIpc) is 3.07. The lowest BCUT2D eigenvalue weighted by Gasteiger charge is -2.20. The molecule has 0 saturated carbocycles. The topological polar surface area (TPSA) is 65.7 Å². The molecule has 19 heavy (non-hydrogen) atoms. The van der Waals surface area contributed by atoms with Gasteiger partial charge in [0.2, 0.25) is 5.91 Å². The van der Waals surface area contributed by atoms with Crippen molar-refractivity contribution in [1.29, 1.82) is 0 Å². The molecule has 0 N–H and O–H groups in total. The van der Waals surface area contributed by atoms with Gasteiger partial charge in [-0.05, 0) is 27.7 Å². The summed E-state index contributed by atoms with van der Waals surface area (Å²) in [5.41, 5.74) is -0.659. The molecule has 3 saturated heterocycles. The van der Waals surface area contributed by atoms with Gasteiger partial charge in [-0.15, -0.1) is 0 Å². The molecule has 3 fully saturated rings. The van der Waals surface area contributed by atoms with Crippen molar-refractivity contribution in [2.45, 2.75) is 51.1 Å². The van der Waals surface area contributed by atoms with Crippen LogP contribution < -0.4 is 0 Å². The SMILES string of the molecule is CC1OC1(C)CN1CC(=O)N(CC2(C)OC2C)C1=O. The Kier molecular flexibility index (Phi) is 2.51. The Morgan fingerprint density at radius 1 is 1.11 bits per heavy atom. The fourth-order valence-electron chi connectivity index (χ4n) is 2.64. The number of carbonyl (C=O) groups is 2. The highest BCUT2D eigenvalue weighted by molar-refractivity contribution is 6.02. The van der Waals surface area contributed by atoms with Crippen LogP contribution in [0.5, 0.6) is 0 Å². The van der Waals surface area contributed by atoms with Crippen LogP contribution in [-0.2, 0) is 14.3 Å². The van der Waals surface area contributed by atoms with Crippen molar-refractivity contribution in [3.8, 4) is 0 Å². The minimum Gasteiger partial charge on any atom is -0.365 e. The predicted octanol–water partition coefficient (Wildman–Crippen LogP) is 0.605. The molecule has 6 heteroatoms. The summed E-state index contributed by atoms with van der Waals surface area (Å²) < 4.78 is 10.9. The molecule has 3 rings (SSSR count). The highest BCUT2D eigenvalue weighted by Gasteiger charge is 2.55. The maximum absolute atomic E-state index is 12.3. The number of rotatable bonds is 4. The second kappa shape index (κ2) is 3.70. The Labute approximate surface area is 112 Å². The Balaban J connectivity index is 1.64. The first-order chi connectivity index (χ1) is 8.75. The van der Waals surface area contributed by atoms with Gasteiger partial charge in [0, 0.05) is 0 Å². The fraction of sp³-hybridized carbons (Fsp3) is 0.846. The van der Waals surface area contributed by atoms with E-state index in [1.807, 2.05) is 27.7 Å². The van der Waals surface area contributed by atoms with Gasteiger partial charge in [-0.1, -0.05) is 0 Å². The van der Waals surface area contributed by atoms with E-state index in [-0.39, 0.29) is 41.9 Å². The first kappa shape index (κ1) is 12.9. The Morgan fingerprint density at radius 3 is 2.05 bits per heavy atom. The van der Waals surface area contributed by atoms with Crippen LogP contribution in [0.4, 0.5) is 4.79 Å². The van der Waals surface area contributed by atoms with E-state index in [4.69, 9.17) is 9.47 Å². The molecule has 3 aliphatic rings. The van der Waals surface area contributed by atoms with Gasteiger partial charge in [0.25, 0.3) is 0 Å². The Bertz CT molecular complexity index is 454. The molecule has 0 radical (unpaired) electrons. The van der Waals surface area contributed by atoms with Crippen LogP contribution in [-0.4, -0.2) is 64.8 Å². The van der Waals surface area contributed by atoms with E-state index in [9.17, 15) is 9.59 Å². The highest BCUT2D eigenvalue weighted by atomic mass is 16.6. The van der Waals surface area contributed by atoms with Gasteiger partial charge in [-0.2, -0.15) is 0 Å². The van der Waals surface area contributed by atoms with Crippen LogP contribution in [0.25, 0.3) is 0 Å². The maximum Gasteiger partial charge on any atom is 0.327 e. The molecule has 6 nitrogen and oxygen atoms in total. The lowest BCUT2D eigenvalue weighted by molar-refractivity contribution is -0.125. The third kappa shape index (κ3) is 2.03. The molecule has 0 aliphatic carbocycles. The van der Waals surface area contributed by atoms with Gasteiger partial charge >= 0.3 is 6.03 Å². The van der Waals surface area contributed by atoms with Gasteiger partial charge in [0.15, 0.2) is 0 Å². The number of ether oxygens (including phenoxy) is 2. The molecular weight excluding hydrogens is 248 g/mol. The zero-order chi connectivity index (χ0) is 14.0. The van der Waals surface area contributed by atoms with Crippen LogP contribution in [0, 0.1) is 0 Å². The van der Waals surface area contributed by atoms with Gasteiger partial charge in [-0.25, -0.2) is 4.79 Å². The van der Waals surface area contributed by atoms with Gasteiger partial charge in [-0.3, -0.25) is 9.69 Å². The summed E-state index contributed by atoms with van der Waals surface area (Å²) in [5, 5.41) is 0. The number of urea groups is 1. The summed E-state index contributed by atoms with van der Waals surface area (Å²) in [4.78, 5) is 27.1. The number of amides is 3. The standard InChI is InChI=1S/C13H20N2O4/c1-8-12(3,18-8)6-14-5-10(16)15(11(14)17)7-13(4)9(2)19-13/h8-9H,5-7H2,1-4H3. The second-order valence-electron chi connectivity index (χ2n) is 6.26. The first-order valence-electron chi connectivity index (χ1n) is 6.70. The van der Waals surface area contributed by atoms with Gasteiger partial charge < -0.3 is 14.4 Å². The number of carbonyl (C=O) groups excluding carboxylic acids is 2. The number of hydrogen-bond acceptors (Lipinski definition) is 4. The zero-order valence-electron chi connectivity index (χ0n) is 11.8. The lowest BCUT2D eigenvalue weighted by atomic mass is 10.1. The van der Waals surface area contributed by atoms with E-state index in [1.54, 1.807) is 4.90 Å². The summed E-state index contributed by atoms with van der Waals surface area (Å²) >= 11 is 0. The molecule has 3 heterocycles.